The van der Waals surface area contributed by atoms with E-state index in [2.05, 4.69) is 4.98 Å². The smallest absolute Gasteiger partial charge is 0.290 e. The van der Waals surface area contributed by atoms with Crippen LogP contribution in [0.2, 0.25) is 5.15 Å². The normalized spacial score (nSPS) is 8.15. The van der Waals surface area contributed by atoms with Crippen molar-refractivity contribution in [2.24, 2.45) is 0 Å². The fraction of sp³-hybridized carbons (Fsp3) is 0.143. The molecule has 0 aliphatic heterocycles. The molecule has 0 unspecified atom stereocenters. The third kappa shape index (κ3) is 4.17. The summed E-state index contributed by atoms with van der Waals surface area (Å²) in [6.07, 6.45) is 1.24. The van der Waals surface area contributed by atoms with Gasteiger partial charge < -0.3 is 14.9 Å². The van der Waals surface area contributed by atoms with E-state index in [1.165, 1.54) is 19.4 Å². The quantitative estimate of drug-likeness (QED) is 0.531. The zero-order valence-electron chi connectivity index (χ0n) is 6.77. The second kappa shape index (κ2) is 6.07. The minimum Gasteiger partial charge on any atom is -0.503 e. The standard InChI is InChI=1S/C6H6ClNO2.CH2O2/c1-10-5-2-6(7)8-3-4(5)9;2-1-3/h2-3,9H,1H3;1H,(H,2,3). The SMILES string of the molecule is COc1cc(Cl)ncc1O.O=CO. The summed E-state index contributed by atoms with van der Waals surface area (Å²) in [6, 6.07) is 1.44. The Kier molecular flexibility index (Phi) is 5.38. The van der Waals surface area contributed by atoms with Crippen LogP contribution in [0.4, 0.5) is 0 Å². The zero-order chi connectivity index (χ0) is 10.3. The Morgan fingerprint density at radius 3 is 2.62 bits per heavy atom. The Hall–Kier alpha value is -1.49. The molecule has 2 N–H and O–H groups in total. The summed E-state index contributed by atoms with van der Waals surface area (Å²) in [4.78, 5) is 12.0. The van der Waals surface area contributed by atoms with Crippen LogP contribution in [0.3, 0.4) is 0 Å². The molecular formula is C7H8ClNO4. The zero-order valence-corrected chi connectivity index (χ0v) is 7.52. The molecule has 1 heterocycles. The minimum absolute atomic E-state index is 0.00750. The van der Waals surface area contributed by atoms with Gasteiger partial charge in [-0.25, -0.2) is 4.98 Å². The van der Waals surface area contributed by atoms with Crippen LogP contribution in [0.1, 0.15) is 0 Å². The van der Waals surface area contributed by atoms with Crippen LogP contribution in [0.15, 0.2) is 12.3 Å². The fourth-order valence-electron chi connectivity index (χ4n) is 0.569. The van der Waals surface area contributed by atoms with Gasteiger partial charge in [-0.05, 0) is 0 Å². The van der Waals surface area contributed by atoms with Gasteiger partial charge >= 0.3 is 0 Å². The molecule has 0 aliphatic carbocycles. The number of carboxylic acid groups (broad SMARTS) is 1. The van der Waals surface area contributed by atoms with Gasteiger partial charge in [0.25, 0.3) is 6.47 Å². The van der Waals surface area contributed by atoms with Gasteiger partial charge in [-0.15, -0.1) is 0 Å². The predicted molar refractivity (Wildman–Crippen MR) is 46.2 cm³/mol. The monoisotopic (exact) mass is 205 g/mol. The van der Waals surface area contributed by atoms with Crippen molar-refractivity contribution < 1.29 is 19.7 Å². The maximum atomic E-state index is 8.99. The molecule has 0 aromatic carbocycles. The summed E-state index contributed by atoms with van der Waals surface area (Å²) in [5.41, 5.74) is 0. The molecule has 0 bridgehead atoms. The molecule has 0 saturated carbocycles. The average molecular weight is 206 g/mol. The summed E-state index contributed by atoms with van der Waals surface area (Å²) in [6.45, 7) is -0.250. The highest BCUT2D eigenvalue weighted by Crippen LogP contribution is 2.25. The number of methoxy groups -OCH3 is 1. The van der Waals surface area contributed by atoms with Crippen molar-refractivity contribution in [3.8, 4) is 11.5 Å². The number of pyridine rings is 1. The molecule has 6 heteroatoms. The minimum atomic E-state index is -0.250. The van der Waals surface area contributed by atoms with Gasteiger partial charge in [0.05, 0.1) is 13.3 Å². The predicted octanol–water partition coefficient (Wildman–Crippen LogP) is 1.15. The number of nitrogens with zero attached hydrogens (tertiary/aromatic N) is 1. The van der Waals surface area contributed by atoms with Gasteiger partial charge in [0.2, 0.25) is 0 Å². The molecule has 0 spiro atoms. The van der Waals surface area contributed by atoms with Gasteiger partial charge in [0.15, 0.2) is 11.5 Å². The first-order chi connectivity index (χ1) is 6.15. The van der Waals surface area contributed by atoms with Crippen molar-refractivity contribution in [2.45, 2.75) is 0 Å². The van der Waals surface area contributed by atoms with Crippen molar-refractivity contribution in [1.82, 2.24) is 4.98 Å². The van der Waals surface area contributed by atoms with Gasteiger partial charge in [-0.3, -0.25) is 4.79 Å². The van der Waals surface area contributed by atoms with Crippen molar-refractivity contribution in [2.75, 3.05) is 7.11 Å². The molecule has 1 aromatic heterocycles. The number of hydrogen-bond donors (Lipinski definition) is 2. The molecule has 1 aromatic rings. The molecule has 0 saturated heterocycles. The summed E-state index contributed by atoms with van der Waals surface area (Å²) in [5.74, 6) is 0.326. The second-order valence-electron chi connectivity index (χ2n) is 1.78. The Bertz CT molecular complexity index is 279. The summed E-state index contributed by atoms with van der Waals surface area (Å²) in [5, 5.41) is 16.2. The highest BCUT2D eigenvalue weighted by molar-refractivity contribution is 6.29. The fourth-order valence-corrected chi connectivity index (χ4v) is 0.717. The van der Waals surface area contributed by atoms with Gasteiger partial charge in [-0.2, -0.15) is 0 Å². The Morgan fingerprint density at radius 1 is 1.69 bits per heavy atom. The number of rotatable bonds is 1. The van der Waals surface area contributed by atoms with E-state index in [9.17, 15) is 0 Å². The molecular weight excluding hydrogens is 198 g/mol. The summed E-state index contributed by atoms with van der Waals surface area (Å²) < 4.78 is 4.75. The van der Waals surface area contributed by atoms with Gasteiger partial charge in [0.1, 0.15) is 5.15 Å². The largest absolute Gasteiger partial charge is 0.503 e. The summed E-state index contributed by atoms with van der Waals surface area (Å²) in [7, 11) is 1.45. The first-order valence-electron chi connectivity index (χ1n) is 3.12. The van der Waals surface area contributed by atoms with E-state index in [0.717, 1.165) is 0 Å². The summed E-state index contributed by atoms with van der Waals surface area (Å²) >= 11 is 5.49. The highest BCUT2D eigenvalue weighted by atomic mass is 35.5. The molecule has 5 nitrogen and oxygen atoms in total. The molecule has 13 heavy (non-hydrogen) atoms. The number of halogens is 1. The number of aromatic hydroxyl groups is 1. The lowest BCUT2D eigenvalue weighted by atomic mass is 10.4. The van der Waals surface area contributed by atoms with Crippen LogP contribution in [0.25, 0.3) is 0 Å². The van der Waals surface area contributed by atoms with E-state index < -0.39 is 0 Å². The first kappa shape index (κ1) is 11.5. The van der Waals surface area contributed by atoms with Crippen molar-refractivity contribution in [3.05, 3.63) is 17.4 Å². The van der Waals surface area contributed by atoms with Gasteiger partial charge in [-0.1, -0.05) is 11.6 Å². The van der Waals surface area contributed by atoms with E-state index in [1.807, 2.05) is 0 Å². The first-order valence-corrected chi connectivity index (χ1v) is 3.49. The van der Waals surface area contributed by atoms with Crippen molar-refractivity contribution >= 4 is 18.1 Å². The Morgan fingerprint density at radius 2 is 2.23 bits per heavy atom. The number of aromatic nitrogens is 1. The molecule has 72 valence electrons. The maximum Gasteiger partial charge on any atom is 0.290 e. The topological polar surface area (TPSA) is 79.7 Å². The van der Waals surface area contributed by atoms with Crippen LogP contribution in [0.5, 0.6) is 11.5 Å². The third-order valence-electron chi connectivity index (χ3n) is 1.03. The van der Waals surface area contributed by atoms with Crippen molar-refractivity contribution in [3.63, 3.8) is 0 Å². The number of carbonyl (C=O) groups is 1. The van der Waals surface area contributed by atoms with Crippen molar-refractivity contribution in [1.29, 1.82) is 0 Å². The Labute approximate surface area is 79.6 Å². The molecule has 0 atom stereocenters. The molecule has 1 rings (SSSR count). The van der Waals surface area contributed by atoms with Crippen LogP contribution in [0, 0.1) is 0 Å². The Balaban J connectivity index is 0.000000424. The van der Waals surface area contributed by atoms with Crippen LogP contribution in [-0.4, -0.2) is 28.8 Å². The molecule has 0 aliphatic rings. The highest BCUT2D eigenvalue weighted by Gasteiger charge is 2.00. The molecule has 0 fully saturated rings. The molecule has 0 radical (unpaired) electrons. The average Bonchev–Trinajstić information content (AvgIpc) is 2.10. The number of hydrogen-bond acceptors (Lipinski definition) is 4. The number of ether oxygens (including phenoxy) is 1. The van der Waals surface area contributed by atoms with Gasteiger partial charge in [0, 0.05) is 6.07 Å². The maximum absolute atomic E-state index is 8.99. The van der Waals surface area contributed by atoms with Crippen LogP contribution < -0.4 is 4.74 Å². The third-order valence-corrected chi connectivity index (χ3v) is 1.24. The van der Waals surface area contributed by atoms with Crippen LogP contribution >= 0.6 is 11.6 Å². The lowest BCUT2D eigenvalue weighted by Gasteiger charge is -2.00. The molecule has 0 amide bonds. The van der Waals surface area contributed by atoms with E-state index in [1.54, 1.807) is 0 Å². The van der Waals surface area contributed by atoms with Crippen LogP contribution in [-0.2, 0) is 4.79 Å². The lowest BCUT2D eigenvalue weighted by molar-refractivity contribution is -0.122. The van der Waals surface area contributed by atoms with E-state index in [4.69, 9.17) is 31.3 Å². The lowest BCUT2D eigenvalue weighted by Crippen LogP contribution is -1.84. The van der Waals surface area contributed by atoms with E-state index in [-0.39, 0.29) is 12.2 Å². The second-order valence-corrected chi connectivity index (χ2v) is 2.17. The van der Waals surface area contributed by atoms with E-state index >= 15 is 0 Å². The van der Waals surface area contributed by atoms with E-state index in [0.29, 0.717) is 10.9 Å².